The smallest absolute Gasteiger partial charge is 0.207 e. The van der Waals surface area contributed by atoms with Crippen LogP contribution in [0, 0.1) is 12.8 Å². The Bertz CT molecular complexity index is 522. The third-order valence-corrected chi connectivity index (χ3v) is 5.57. The van der Waals surface area contributed by atoms with Crippen LogP contribution in [0.3, 0.4) is 0 Å². The van der Waals surface area contributed by atoms with Crippen LogP contribution in [-0.4, -0.2) is 25.8 Å². The van der Waals surface area contributed by atoms with Gasteiger partial charge in [0.2, 0.25) is 10.0 Å². The van der Waals surface area contributed by atoms with Gasteiger partial charge in [0.25, 0.3) is 0 Å². The molecule has 0 spiro atoms. The van der Waals surface area contributed by atoms with Crippen molar-refractivity contribution in [3.63, 3.8) is 0 Å². The van der Waals surface area contributed by atoms with Crippen LogP contribution in [0.25, 0.3) is 0 Å². The zero-order chi connectivity index (χ0) is 13.3. The normalized spacial score (nSPS) is 22.1. The minimum atomic E-state index is -3.34. The van der Waals surface area contributed by atoms with Gasteiger partial charge in [-0.15, -0.1) is 0 Å². The number of hydrogen-bond donors (Lipinski definition) is 0. The van der Waals surface area contributed by atoms with Crippen LogP contribution in [0.4, 0.5) is 0 Å². The van der Waals surface area contributed by atoms with Crippen molar-refractivity contribution in [2.45, 2.75) is 31.6 Å². The van der Waals surface area contributed by atoms with Gasteiger partial charge in [0.1, 0.15) is 0 Å². The molecule has 1 heterocycles. The monoisotopic (exact) mass is 331 g/mol. The Labute approximate surface area is 117 Å². The van der Waals surface area contributed by atoms with Gasteiger partial charge in [0.05, 0.1) is 4.90 Å². The molecule has 1 aromatic rings. The molecule has 1 atom stereocenters. The minimum absolute atomic E-state index is 0.392. The largest absolute Gasteiger partial charge is 0.243 e. The Morgan fingerprint density at radius 3 is 2.67 bits per heavy atom. The second-order valence-electron chi connectivity index (χ2n) is 5.07. The number of nitrogens with zero attached hydrogens (tertiary/aromatic N) is 1. The van der Waals surface area contributed by atoms with Gasteiger partial charge < -0.3 is 0 Å². The number of benzene rings is 1. The summed E-state index contributed by atoms with van der Waals surface area (Å²) in [5.74, 6) is 0.446. The molecule has 1 saturated heterocycles. The molecule has 100 valence electrons. The van der Waals surface area contributed by atoms with E-state index in [-0.39, 0.29) is 0 Å². The zero-order valence-corrected chi connectivity index (χ0v) is 13.1. The Morgan fingerprint density at radius 1 is 1.33 bits per heavy atom. The van der Waals surface area contributed by atoms with E-state index in [4.69, 9.17) is 0 Å². The van der Waals surface area contributed by atoms with Crippen molar-refractivity contribution < 1.29 is 8.42 Å². The summed E-state index contributed by atoms with van der Waals surface area (Å²) in [7, 11) is -3.34. The Morgan fingerprint density at radius 2 is 2.06 bits per heavy atom. The highest BCUT2D eigenvalue weighted by Crippen LogP contribution is 2.26. The Balaban J connectivity index is 2.35. The van der Waals surface area contributed by atoms with Crippen molar-refractivity contribution in [1.29, 1.82) is 0 Å². The lowest BCUT2D eigenvalue weighted by Gasteiger charge is -2.30. The van der Waals surface area contributed by atoms with Crippen LogP contribution in [0.2, 0.25) is 0 Å². The second kappa shape index (κ2) is 5.31. The van der Waals surface area contributed by atoms with Crippen molar-refractivity contribution in [3.05, 3.63) is 28.2 Å². The van der Waals surface area contributed by atoms with E-state index in [1.807, 2.05) is 13.0 Å². The van der Waals surface area contributed by atoms with Gasteiger partial charge in [0.15, 0.2) is 0 Å². The van der Waals surface area contributed by atoms with Crippen molar-refractivity contribution in [1.82, 2.24) is 4.31 Å². The van der Waals surface area contributed by atoms with Crippen molar-refractivity contribution >= 4 is 26.0 Å². The topological polar surface area (TPSA) is 37.4 Å². The number of halogens is 1. The van der Waals surface area contributed by atoms with Crippen LogP contribution in [0.5, 0.6) is 0 Å². The van der Waals surface area contributed by atoms with E-state index in [1.165, 1.54) is 0 Å². The lowest BCUT2D eigenvalue weighted by molar-refractivity contribution is 0.281. The standard InChI is InChI=1S/C13H18BrNO2S/c1-10-4-3-5-15(9-10)18(16,17)13-7-11(2)6-12(14)8-13/h6-8,10H,3-5,9H2,1-2H3. The van der Waals surface area contributed by atoms with E-state index in [1.54, 1.807) is 16.4 Å². The number of sulfonamides is 1. The Hall–Kier alpha value is -0.390. The molecule has 0 N–H and O–H groups in total. The average molecular weight is 332 g/mol. The predicted octanol–water partition coefficient (Wildman–Crippen LogP) is 3.18. The summed E-state index contributed by atoms with van der Waals surface area (Å²) in [5, 5.41) is 0. The van der Waals surface area contributed by atoms with Crippen molar-refractivity contribution in [3.8, 4) is 0 Å². The number of aryl methyl sites for hydroxylation is 1. The van der Waals surface area contributed by atoms with Crippen LogP contribution in [-0.2, 0) is 10.0 Å². The van der Waals surface area contributed by atoms with E-state index in [9.17, 15) is 8.42 Å². The molecular weight excluding hydrogens is 314 g/mol. The third-order valence-electron chi connectivity index (χ3n) is 3.27. The van der Waals surface area contributed by atoms with E-state index in [0.717, 1.165) is 22.9 Å². The summed E-state index contributed by atoms with van der Waals surface area (Å²) in [6.45, 7) is 5.28. The first-order valence-corrected chi connectivity index (χ1v) is 8.40. The molecule has 1 aliphatic heterocycles. The van der Waals surface area contributed by atoms with Gasteiger partial charge in [-0.3, -0.25) is 0 Å². The van der Waals surface area contributed by atoms with Crippen LogP contribution >= 0.6 is 15.9 Å². The van der Waals surface area contributed by atoms with E-state index < -0.39 is 10.0 Å². The number of piperidine rings is 1. The van der Waals surface area contributed by atoms with Gasteiger partial charge in [-0.2, -0.15) is 4.31 Å². The minimum Gasteiger partial charge on any atom is -0.207 e. The zero-order valence-electron chi connectivity index (χ0n) is 10.7. The molecule has 0 amide bonds. The molecule has 0 radical (unpaired) electrons. The van der Waals surface area contributed by atoms with E-state index >= 15 is 0 Å². The van der Waals surface area contributed by atoms with Crippen molar-refractivity contribution in [2.24, 2.45) is 5.92 Å². The van der Waals surface area contributed by atoms with Crippen molar-refractivity contribution in [2.75, 3.05) is 13.1 Å². The van der Waals surface area contributed by atoms with Gasteiger partial charge in [0, 0.05) is 17.6 Å². The fourth-order valence-electron chi connectivity index (χ4n) is 2.37. The SMILES string of the molecule is Cc1cc(Br)cc(S(=O)(=O)N2CCCC(C)C2)c1. The molecule has 0 aromatic heterocycles. The molecule has 1 aromatic carbocycles. The molecule has 2 rings (SSSR count). The summed E-state index contributed by atoms with van der Waals surface area (Å²) >= 11 is 3.36. The lowest BCUT2D eigenvalue weighted by atomic mass is 10.0. The molecule has 18 heavy (non-hydrogen) atoms. The van der Waals surface area contributed by atoms with Gasteiger partial charge in [-0.05, 0) is 49.4 Å². The van der Waals surface area contributed by atoms with Crippen LogP contribution in [0.1, 0.15) is 25.3 Å². The van der Waals surface area contributed by atoms with E-state index in [0.29, 0.717) is 23.9 Å². The molecule has 1 fully saturated rings. The summed E-state index contributed by atoms with van der Waals surface area (Å²) in [5.41, 5.74) is 0.952. The summed E-state index contributed by atoms with van der Waals surface area (Å²) < 4.78 is 27.5. The number of rotatable bonds is 2. The fraction of sp³-hybridized carbons (Fsp3) is 0.538. The Kier molecular flexibility index (Phi) is 4.14. The summed E-state index contributed by atoms with van der Waals surface area (Å²) in [6, 6.07) is 5.33. The summed E-state index contributed by atoms with van der Waals surface area (Å²) in [6.07, 6.45) is 2.07. The molecule has 0 saturated carbocycles. The molecule has 0 bridgehead atoms. The number of hydrogen-bond acceptors (Lipinski definition) is 2. The van der Waals surface area contributed by atoms with Gasteiger partial charge in [-0.1, -0.05) is 22.9 Å². The molecule has 5 heteroatoms. The fourth-order valence-corrected chi connectivity index (χ4v) is 4.85. The molecule has 0 aliphatic carbocycles. The first-order chi connectivity index (χ1) is 8.39. The first-order valence-electron chi connectivity index (χ1n) is 6.17. The lowest BCUT2D eigenvalue weighted by Crippen LogP contribution is -2.39. The second-order valence-corrected chi connectivity index (χ2v) is 7.93. The maximum atomic E-state index is 12.5. The molecule has 1 unspecified atom stereocenters. The third kappa shape index (κ3) is 2.95. The first kappa shape index (κ1) is 14.0. The van der Waals surface area contributed by atoms with Crippen LogP contribution < -0.4 is 0 Å². The van der Waals surface area contributed by atoms with Gasteiger partial charge >= 0.3 is 0 Å². The summed E-state index contributed by atoms with van der Waals surface area (Å²) in [4.78, 5) is 0.392. The predicted molar refractivity (Wildman–Crippen MR) is 76.0 cm³/mol. The van der Waals surface area contributed by atoms with Crippen LogP contribution in [0.15, 0.2) is 27.6 Å². The molecular formula is C13H18BrNO2S. The molecule has 1 aliphatic rings. The highest BCUT2D eigenvalue weighted by atomic mass is 79.9. The van der Waals surface area contributed by atoms with E-state index in [2.05, 4.69) is 22.9 Å². The highest BCUT2D eigenvalue weighted by Gasteiger charge is 2.28. The maximum Gasteiger partial charge on any atom is 0.243 e. The molecule has 3 nitrogen and oxygen atoms in total. The highest BCUT2D eigenvalue weighted by molar-refractivity contribution is 9.10. The average Bonchev–Trinajstić information content (AvgIpc) is 2.27. The quantitative estimate of drug-likeness (QED) is 0.834. The van der Waals surface area contributed by atoms with Gasteiger partial charge in [-0.25, -0.2) is 8.42 Å². The maximum absolute atomic E-state index is 12.5.